The summed E-state index contributed by atoms with van der Waals surface area (Å²) in [5.41, 5.74) is 1.59. The molecular formula is C38H49FN8O7S. The molecule has 3 aliphatic rings. The number of fused-ring (bicyclic) bond motifs is 1. The molecule has 2 aromatic heterocycles. The number of allylic oxidation sites excluding steroid dienone is 2. The van der Waals surface area contributed by atoms with Crippen molar-refractivity contribution in [1.29, 1.82) is 0 Å². The van der Waals surface area contributed by atoms with Crippen LogP contribution in [-0.2, 0) is 31.5 Å². The van der Waals surface area contributed by atoms with Crippen LogP contribution in [0, 0.1) is 25.6 Å². The Balaban J connectivity index is 1.20. The number of benzene rings is 1. The summed E-state index contributed by atoms with van der Waals surface area (Å²) in [6.07, 6.45) is 10.4. The van der Waals surface area contributed by atoms with Crippen molar-refractivity contribution < 1.29 is 36.7 Å². The Labute approximate surface area is 319 Å². The van der Waals surface area contributed by atoms with Gasteiger partial charge in [0.1, 0.15) is 35.1 Å². The Hall–Kier alpha value is -4.93. The van der Waals surface area contributed by atoms with Crippen LogP contribution in [0.25, 0.3) is 11.0 Å². The van der Waals surface area contributed by atoms with Crippen LogP contribution < -0.4 is 20.1 Å². The summed E-state index contributed by atoms with van der Waals surface area (Å²) in [6, 6.07) is 3.81. The van der Waals surface area contributed by atoms with Gasteiger partial charge in [0.15, 0.2) is 5.82 Å². The second kappa shape index (κ2) is 16.4. The number of aryl methyl sites for hydroxylation is 3. The van der Waals surface area contributed by atoms with E-state index < -0.39 is 68.9 Å². The summed E-state index contributed by atoms with van der Waals surface area (Å²) in [7, 11) is -2.23. The van der Waals surface area contributed by atoms with Gasteiger partial charge in [-0.05, 0) is 89.8 Å². The second-order valence-electron chi connectivity index (χ2n) is 15.1. The van der Waals surface area contributed by atoms with E-state index in [9.17, 15) is 32.0 Å². The third-order valence-electron chi connectivity index (χ3n) is 10.5. The van der Waals surface area contributed by atoms with Crippen LogP contribution in [0.1, 0.15) is 93.0 Å². The van der Waals surface area contributed by atoms with Crippen LogP contribution in [0.15, 0.2) is 36.4 Å². The molecule has 3 fully saturated rings. The monoisotopic (exact) mass is 780 g/mol. The molecule has 17 heteroatoms. The maximum atomic E-state index is 14.7. The second-order valence-corrected chi connectivity index (χ2v) is 17.3. The SMILES string of the molecule is Cc1nc2cccc(F)c2nc1O[C@@H]1C[C@@H](C(=O)NCC(=O)NS(=O)(=O)C2(C)CC2)N(C(=O)[C@H](CCCCCC=CC2CC2)NC(=O)c2cc(C)n(C)n2)C1. The number of carbonyl (C=O) groups excluding carboxylic acids is 4. The van der Waals surface area contributed by atoms with Crippen molar-refractivity contribution in [2.24, 2.45) is 13.0 Å². The number of likely N-dealkylation sites (tertiary alicyclic amines) is 1. The maximum Gasteiger partial charge on any atom is 0.272 e. The molecule has 1 saturated heterocycles. The number of hydrogen-bond acceptors (Lipinski definition) is 10. The van der Waals surface area contributed by atoms with Gasteiger partial charge in [0.05, 0.1) is 23.4 Å². The van der Waals surface area contributed by atoms with Gasteiger partial charge in [-0.25, -0.2) is 22.8 Å². The Kier molecular flexibility index (Phi) is 11.9. The molecule has 3 heterocycles. The van der Waals surface area contributed by atoms with Crippen molar-refractivity contribution in [2.75, 3.05) is 13.1 Å². The van der Waals surface area contributed by atoms with Gasteiger partial charge in [-0.15, -0.1) is 0 Å². The molecule has 2 saturated carbocycles. The molecule has 3 N–H and O–H groups in total. The average molecular weight is 781 g/mol. The molecular weight excluding hydrogens is 732 g/mol. The van der Waals surface area contributed by atoms with E-state index in [2.05, 4.69) is 37.9 Å². The molecule has 296 valence electrons. The van der Waals surface area contributed by atoms with Crippen LogP contribution in [0.3, 0.4) is 0 Å². The third-order valence-corrected chi connectivity index (χ3v) is 12.7. The highest BCUT2D eigenvalue weighted by atomic mass is 32.2. The van der Waals surface area contributed by atoms with Crippen molar-refractivity contribution >= 4 is 44.7 Å². The lowest BCUT2D eigenvalue weighted by molar-refractivity contribution is -0.140. The van der Waals surface area contributed by atoms with E-state index in [1.807, 2.05) is 4.72 Å². The molecule has 4 amide bonds. The smallest absolute Gasteiger partial charge is 0.272 e. The fourth-order valence-electron chi connectivity index (χ4n) is 6.53. The van der Waals surface area contributed by atoms with E-state index in [0.717, 1.165) is 25.0 Å². The number of unbranched alkanes of at least 4 members (excludes halogenated alkanes) is 3. The number of para-hydroxylation sites is 1. The Morgan fingerprint density at radius 2 is 1.87 bits per heavy atom. The number of nitrogens with zero attached hydrogens (tertiary/aromatic N) is 5. The highest BCUT2D eigenvalue weighted by Gasteiger charge is 2.51. The molecule has 0 unspecified atom stereocenters. The molecule has 55 heavy (non-hydrogen) atoms. The van der Waals surface area contributed by atoms with Crippen LogP contribution in [-0.4, -0.2) is 92.7 Å². The lowest BCUT2D eigenvalue weighted by atomic mass is 10.0. The van der Waals surface area contributed by atoms with E-state index in [0.29, 0.717) is 36.4 Å². The average Bonchev–Trinajstić information content (AvgIpc) is 4.05. The number of rotatable bonds is 17. The van der Waals surface area contributed by atoms with Crippen molar-refractivity contribution in [3.63, 3.8) is 0 Å². The molecule has 6 rings (SSSR count). The molecule has 3 atom stereocenters. The summed E-state index contributed by atoms with van der Waals surface area (Å²) in [4.78, 5) is 64.4. The van der Waals surface area contributed by atoms with E-state index in [1.54, 1.807) is 37.7 Å². The molecule has 15 nitrogen and oxygen atoms in total. The largest absolute Gasteiger partial charge is 0.471 e. The van der Waals surface area contributed by atoms with Gasteiger partial charge < -0.3 is 20.3 Å². The summed E-state index contributed by atoms with van der Waals surface area (Å²) in [5, 5.41) is 9.59. The normalized spacial score (nSPS) is 19.7. The van der Waals surface area contributed by atoms with Gasteiger partial charge >= 0.3 is 0 Å². The predicted octanol–water partition coefficient (Wildman–Crippen LogP) is 3.30. The fourth-order valence-corrected chi connectivity index (χ4v) is 7.78. The molecule has 0 radical (unpaired) electrons. The van der Waals surface area contributed by atoms with Gasteiger partial charge in [-0.3, -0.25) is 28.6 Å². The van der Waals surface area contributed by atoms with Gasteiger partial charge in [0.25, 0.3) is 11.8 Å². The van der Waals surface area contributed by atoms with Crippen LogP contribution in [0.5, 0.6) is 5.88 Å². The Bertz CT molecular complexity index is 2080. The highest BCUT2D eigenvalue weighted by molar-refractivity contribution is 7.91. The lowest BCUT2D eigenvalue weighted by Gasteiger charge is -2.28. The third kappa shape index (κ3) is 9.66. The number of nitrogens with one attached hydrogen (secondary N) is 3. The standard InChI is InChI=1S/C38H49FN8O7S/c1-23-19-30(44-46(23)4)34(49)42-29(13-9-7-5-6-8-11-25-15-16-25)37(51)47-22-26(54-36-24(2)41-28-14-10-12-27(39)33(28)43-36)20-31(47)35(50)40-21-32(48)45-55(52,53)38(3)17-18-38/h8,10-12,14,19,25-26,29,31H,5-7,9,13,15-18,20-22H2,1-4H3,(H,40,50)(H,42,49)(H,45,48)/t26-,29+,31+/m1/s1. The fraction of sp³-hybridized carbons (Fsp3) is 0.553. The van der Waals surface area contributed by atoms with E-state index in [4.69, 9.17) is 4.74 Å². The number of amides is 4. The Morgan fingerprint density at radius 1 is 1.11 bits per heavy atom. The number of carbonyl (C=O) groups is 4. The van der Waals surface area contributed by atoms with Crippen molar-refractivity contribution in [3.05, 3.63) is 59.3 Å². The summed E-state index contributed by atoms with van der Waals surface area (Å²) < 4.78 is 48.6. The van der Waals surface area contributed by atoms with Crippen molar-refractivity contribution in [2.45, 2.75) is 108 Å². The first kappa shape index (κ1) is 39.8. The molecule has 3 aromatic rings. The van der Waals surface area contributed by atoms with E-state index >= 15 is 0 Å². The summed E-state index contributed by atoms with van der Waals surface area (Å²) in [6.45, 7) is 4.23. The molecule has 0 spiro atoms. The number of ether oxygens (including phenoxy) is 1. The quantitative estimate of drug-likeness (QED) is 0.135. The summed E-state index contributed by atoms with van der Waals surface area (Å²) in [5.74, 6) is -2.59. The zero-order valence-corrected chi connectivity index (χ0v) is 32.5. The zero-order valence-electron chi connectivity index (χ0n) is 31.6. The first-order chi connectivity index (χ1) is 26.1. The predicted molar refractivity (Wildman–Crippen MR) is 201 cm³/mol. The van der Waals surface area contributed by atoms with Crippen LogP contribution >= 0.6 is 0 Å². The number of aromatic nitrogens is 4. The van der Waals surface area contributed by atoms with Crippen molar-refractivity contribution in [1.82, 2.24) is 40.0 Å². The number of hydrogen-bond donors (Lipinski definition) is 3. The van der Waals surface area contributed by atoms with Crippen LogP contribution in [0.4, 0.5) is 4.39 Å². The van der Waals surface area contributed by atoms with Crippen LogP contribution in [0.2, 0.25) is 0 Å². The molecule has 2 aliphatic carbocycles. The number of sulfonamides is 1. The molecule has 1 aliphatic heterocycles. The minimum Gasteiger partial charge on any atom is -0.471 e. The van der Waals surface area contributed by atoms with Gasteiger partial charge in [-0.1, -0.05) is 31.1 Å². The topological polar surface area (TPSA) is 195 Å². The molecule has 1 aromatic carbocycles. The van der Waals surface area contributed by atoms with Gasteiger partial charge in [0.2, 0.25) is 27.7 Å². The highest BCUT2D eigenvalue weighted by Crippen LogP contribution is 2.42. The summed E-state index contributed by atoms with van der Waals surface area (Å²) >= 11 is 0. The van der Waals surface area contributed by atoms with E-state index in [-0.39, 0.29) is 36.5 Å². The molecule has 0 bridgehead atoms. The maximum absolute atomic E-state index is 14.7. The first-order valence-electron chi connectivity index (χ1n) is 18.8. The minimum absolute atomic E-state index is 0.0000848. The number of halogens is 1. The Morgan fingerprint density at radius 3 is 2.56 bits per heavy atom. The van der Waals surface area contributed by atoms with Gasteiger partial charge in [-0.2, -0.15) is 5.10 Å². The first-order valence-corrected chi connectivity index (χ1v) is 20.3. The van der Waals surface area contributed by atoms with E-state index in [1.165, 1.54) is 36.8 Å². The lowest BCUT2D eigenvalue weighted by Crippen LogP contribution is -2.54. The minimum atomic E-state index is -3.93. The van der Waals surface area contributed by atoms with Crippen molar-refractivity contribution in [3.8, 4) is 5.88 Å². The van der Waals surface area contributed by atoms with Gasteiger partial charge in [0, 0.05) is 19.2 Å². The zero-order chi connectivity index (χ0) is 39.5.